The molecular weight excluding hydrogens is 274 g/mol. The summed E-state index contributed by atoms with van der Waals surface area (Å²) in [6, 6.07) is 8.73. The number of rotatable bonds is 5. The Morgan fingerprint density at radius 2 is 2.19 bits per heavy atom. The maximum Gasteiger partial charge on any atom is 0.0346 e. The van der Waals surface area contributed by atoms with Gasteiger partial charge >= 0.3 is 0 Å². The number of nitrogens with zero attached hydrogens (tertiary/aromatic N) is 1. The van der Waals surface area contributed by atoms with E-state index in [0.29, 0.717) is 0 Å². The van der Waals surface area contributed by atoms with E-state index in [0.717, 1.165) is 30.5 Å². The molecule has 0 bridgehead atoms. The van der Waals surface area contributed by atoms with Gasteiger partial charge in [-0.05, 0) is 46.0 Å². The average Bonchev–Trinajstić information content (AvgIpc) is 2.96. The number of hydrogen-bond donors (Lipinski definition) is 0. The van der Waals surface area contributed by atoms with E-state index in [2.05, 4.69) is 48.3 Å². The predicted octanol–water partition coefficient (Wildman–Crippen LogP) is 5.03. The molecule has 0 aliphatic heterocycles. The molecule has 1 aliphatic rings. The monoisotopic (exact) mass is 293 g/mol. The van der Waals surface area contributed by atoms with Crippen LogP contribution in [0.1, 0.15) is 36.5 Å². The van der Waals surface area contributed by atoms with Crippen LogP contribution in [-0.4, -0.2) is 9.85 Å². The SMILES string of the molecule is CCCC(=S)Cc1cncc(-c2cccc3c2CC=C3)c1. The zero-order chi connectivity index (χ0) is 14.7. The van der Waals surface area contributed by atoms with E-state index in [1.165, 1.54) is 27.8 Å². The van der Waals surface area contributed by atoms with Gasteiger partial charge in [0, 0.05) is 24.4 Å². The van der Waals surface area contributed by atoms with Crippen molar-refractivity contribution < 1.29 is 0 Å². The lowest BCUT2D eigenvalue weighted by atomic mass is 9.96. The van der Waals surface area contributed by atoms with Crippen molar-refractivity contribution >= 4 is 23.2 Å². The third kappa shape index (κ3) is 3.11. The summed E-state index contributed by atoms with van der Waals surface area (Å²) in [7, 11) is 0. The standard InChI is InChI=1S/C19H19NS/c1-2-5-17(21)11-14-10-16(13-20-12-14)19-9-4-7-15-6-3-8-18(15)19/h3-4,6-7,9-10,12-13H,2,5,8,11H2,1H3. The summed E-state index contributed by atoms with van der Waals surface area (Å²) in [6.45, 7) is 2.17. The van der Waals surface area contributed by atoms with Gasteiger partial charge in [0.2, 0.25) is 0 Å². The van der Waals surface area contributed by atoms with Crippen LogP contribution in [0.2, 0.25) is 0 Å². The molecule has 0 N–H and O–H groups in total. The van der Waals surface area contributed by atoms with Crippen LogP contribution < -0.4 is 0 Å². The lowest BCUT2D eigenvalue weighted by molar-refractivity contribution is 0.988. The Hall–Kier alpha value is -1.80. The normalized spacial score (nSPS) is 12.4. The Kier molecular flexibility index (Phi) is 4.26. The Morgan fingerprint density at radius 3 is 3.05 bits per heavy atom. The Labute approximate surface area is 131 Å². The number of allylic oxidation sites excluding steroid dienone is 1. The maximum absolute atomic E-state index is 5.44. The number of hydrogen-bond acceptors (Lipinski definition) is 2. The molecular formula is C19H19NS. The molecule has 21 heavy (non-hydrogen) atoms. The van der Waals surface area contributed by atoms with E-state index in [9.17, 15) is 0 Å². The summed E-state index contributed by atoms with van der Waals surface area (Å²) in [5.74, 6) is 0. The van der Waals surface area contributed by atoms with Crippen LogP contribution in [-0.2, 0) is 12.8 Å². The molecule has 3 rings (SSSR count). The smallest absolute Gasteiger partial charge is 0.0346 e. The quantitative estimate of drug-likeness (QED) is 0.717. The molecule has 0 amide bonds. The fourth-order valence-corrected chi connectivity index (χ4v) is 3.26. The first-order valence-corrected chi connectivity index (χ1v) is 7.93. The van der Waals surface area contributed by atoms with Gasteiger partial charge in [-0.25, -0.2) is 0 Å². The average molecular weight is 293 g/mol. The third-order valence-corrected chi connectivity index (χ3v) is 4.22. The zero-order valence-electron chi connectivity index (χ0n) is 12.3. The van der Waals surface area contributed by atoms with Crippen molar-refractivity contribution in [1.82, 2.24) is 4.98 Å². The molecule has 1 aromatic heterocycles. The van der Waals surface area contributed by atoms with Gasteiger partial charge in [0.05, 0.1) is 0 Å². The fraction of sp³-hybridized carbons (Fsp3) is 0.263. The van der Waals surface area contributed by atoms with Gasteiger partial charge in [-0.1, -0.05) is 55.9 Å². The molecule has 1 aliphatic carbocycles. The van der Waals surface area contributed by atoms with Crippen LogP contribution in [0.15, 0.2) is 42.7 Å². The molecule has 0 saturated heterocycles. The van der Waals surface area contributed by atoms with Crippen molar-refractivity contribution in [2.75, 3.05) is 0 Å². The van der Waals surface area contributed by atoms with Crippen molar-refractivity contribution in [2.24, 2.45) is 0 Å². The van der Waals surface area contributed by atoms with Crippen LogP contribution in [0.25, 0.3) is 17.2 Å². The van der Waals surface area contributed by atoms with Crippen LogP contribution in [0, 0.1) is 0 Å². The topological polar surface area (TPSA) is 12.9 Å². The van der Waals surface area contributed by atoms with Gasteiger partial charge < -0.3 is 0 Å². The van der Waals surface area contributed by atoms with Gasteiger partial charge in [-0.15, -0.1) is 0 Å². The highest BCUT2D eigenvalue weighted by Crippen LogP contribution is 2.31. The highest BCUT2D eigenvalue weighted by molar-refractivity contribution is 7.80. The predicted molar refractivity (Wildman–Crippen MR) is 93.6 cm³/mol. The molecule has 0 fully saturated rings. The minimum atomic E-state index is 0.858. The van der Waals surface area contributed by atoms with E-state index >= 15 is 0 Å². The molecule has 0 radical (unpaired) electrons. The van der Waals surface area contributed by atoms with Crippen molar-refractivity contribution in [3.8, 4) is 11.1 Å². The molecule has 0 atom stereocenters. The molecule has 1 nitrogen and oxygen atoms in total. The van der Waals surface area contributed by atoms with E-state index in [1.807, 2.05) is 12.4 Å². The van der Waals surface area contributed by atoms with Crippen LogP contribution in [0.3, 0.4) is 0 Å². The Morgan fingerprint density at radius 1 is 1.29 bits per heavy atom. The van der Waals surface area contributed by atoms with E-state index < -0.39 is 0 Å². The summed E-state index contributed by atoms with van der Waals surface area (Å²) in [4.78, 5) is 5.54. The minimum absolute atomic E-state index is 0.858. The second-order valence-corrected chi connectivity index (χ2v) is 6.10. The molecule has 106 valence electrons. The second-order valence-electron chi connectivity index (χ2n) is 5.53. The summed E-state index contributed by atoms with van der Waals surface area (Å²) >= 11 is 5.44. The van der Waals surface area contributed by atoms with Crippen molar-refractivity contribution in [1.29, 1.82) is 0 Å². The summed E-state index contributed by atoms with van der Waals surface area (Å²) < 4.78 is 0. The number of pyridine rings is 1. The second kappa shape index (κ2) is 6.31. The highest BCUT2D eigenvalue weighted by Gasteiger charge is 2.12. The lowest BCUT2D eigenvalue weighted by Gasteiger charge is -2.10. The molecule has 2 heteroatoms. The van der Waals surface area contributed by atoms with Gasteiger partial charge in [-0.3, -0.25) is 4.98 Å². The van der Waals surface area contributed by atoms with Gasteiger partial charge in [0.1, 0.15) is 0 Å². The zero-order valence-corrected chi connectivity index (χ0v) is 13.1. The van der Waals surface area contributed by atoms with Gasteiger partial charge in [0.15, 0.2) is 0 Å². The number of benzene rings is 1. The van der Waals surface area contributed by atoms with Gasteiger partial charge in [0.25, 0.3) is 0 Å². The molecule has 2 aromatic rings. The number of thiocarbonyl (C=S) groups is 1. The van der Waals surface area contributed by atoms with Gasteiger partial charge in [-0.2, -0.15) is 0 Å². The lowest BCUT2D eigenvalue weighted by Crippen LogP contribution is -2.00. The first-order valence-electron chi connectivity index (χ1n) is 7.52. The van der Waals surface area contributed by atoms with Crippen molar-refractivity contribution in [3.05, 3.63) is 59.4 Å². The number of aromatic nitrogens is 1. The fourth-order valence-electron chi connectivity index (χ4n) is 2.89. The molecule has 0 spiro atoms. The largest absolute Gasteiger partial charge is 0.264 e. The van der Waals surface area contributed by atoms with E-state index in [1.54, 1.807) is 0 Å². The summed E-state index contributed by atoms with van der Waals surface area (Å²) in [6.07, 6.45) is 12.3. The molecule has 1 aromatic carbocycles. The summed E-state index contributed by atoms with van der Waals surface area (Å²) in [5.41, 5.74) is 6.46. The van der Waals surface area contributed by atoms with Crippen LogP contribution in [0.4, 0.5) is 0 Å². The molecule has 0 saturated carbocycles. The molecule has 0 unspecified atom stereocenters. The summed E-state index contributed by atoms with van der Waals surface area (Å²) in [5, 5.41) is 0. The Balaban J connectivity index is 1.90. The number of fused-ring (bicyclic) bond motifs is 1. The Bertz CT molecular complexity index is 700. The third-order valence-electron chi connectivity index (χ3n) is 3.87. The van der Waals surface area contributed by atoms with Crippen molar-refractivity contribution in [3.63, 3.8) is 0 Å². The maximum atomic E-state index is 5.44. The minimum Gasteiger partial charge on any atom is -0.264 e. The highest BCUT2D eigenvalue weighted by atomic mass is 32.1. The van der Waals surface area contributed by atoms with Crippen LogP contribution >= 0.6 is 12.2 Å². The van der Waals surface area contributed by atoms with E-state index in [4.69, 9.17) is 12.2 Å². The van der Waals surface area contributed by atoms with E-state index in [-0.39, 0.29) is 0 Å². The van der Waals surface area contributed by atoms with Crippen LogP contribution in [0.5, 0.6) is 0 Å². The molecule has 1 heterocycles. The van der Waals surface area contributed by atoms with Crippen molar-refractivity contribution in [2.45, 2.75) is 32.6 Å². The first-order chi connectivity index (χ1) is 10.3. The first kappa shape index (κ1) is 14.2.